The van der Waals surface area contributed by atoms with Crippen LogP contribution in [-0.4, -0.2) is 42.2 Å². The smallest absolute Gasteiger partial charge is 0.371 e. The Morgan fingerprint density at radius 3 is 2.44 bits per heavy atom. The minimum atomic E-state index is -4.45. The number of nitrogens with one attached hydrogen (secondary N) is 1. The van der Waals surface area contributed by atoms with Crippen LogP contribution in [0.4, 0.5) is 13.2 Å². The average Bonchev–Trinajstić information content (AvgIpc) is 3.65. The Labute approximate surface area is 227 Å². The van der Waals surface area contributed by atoms with E-state index in [9.17, 15) is 18.0 Å². The molecule has 1 N–H and O–H groups in total. The maximum absolute atomic E-state index is 13.8. The van der Waals surface area contributed by atoms with Crippen molar-refractivity contribution < 1.29 is 36.9 Å². The molecule has 0 bridgehead atoms. The molecular weight excluding hydrogens is 511 g/mol. The second kappa shape index (κ2) is 10.8. The second-order valence-electron chi connectivity index (χ2n) is 11.5. The summed E-state index contributed by atoms with van der Waals surface area (Å²) in [7, 11) is 0. The Morgan fingerprint density at radius 1 is 1.03 bits per heavy atom. The van der Waals surface area contributed by atoms with E-state index in [1.54, 1.807) is 19.9 Å². The molecule has 2 saturated carbocycles. The minimum absolute atomic E-state index is 0.0702. The first kappa shape index (κ1) is 28.1. The van der Waals surface area contributed by atoms with Crippen LogP contribution in [-0.2, 0) is 43.1 Å². The molecule has 212 valence electrons. The lowest BCUT2D eigenvalue weighted by Crippen LogP contribution is -2.60. The normalized spacial score (nSPS) is 28.2. The van der Waals surface area contributed by atoms with Gasteiger partial charge in [0.1, 0.15) is 6.10 Å². The standard InChI is InChI=1S/C30H36F3NO5/c1-19-6-4-7-21(12-19)18-37-29(27(35)34-16-20-10-11-20)14-24(26-25(15-29)38-28(2,3)39-26)36-17-22-8-5-9-23(13-22)30(31,32)33/h4-9,12-13,20,24-26H,10-11,14-18H2,1-3H3,(H,34,35)/t24-,25+,26-,29+/m0/s1. The van der Waals surface area contributed by atoms with Gasteiger partial charge in [-0.15, -0.1) is 0 Å². The molecule has 39 heavy (non-hydrogen) atoms. The lowest BCUT2D eigenvalue weighted by molar-refractivity contribution is -0.183. The molecule has 0 unspecified atom stereocenters. The number of ether oxygens (including phenoxy) is 4. The van der Waals surface area contributed by atoms with E-state index in [2.05, 4.69) is 5.32 Å². The van der Waals surface area contributed by atoms with Gasteiger partial charge in [0.05, 0.1) is 31.0 Å². The van der Waals surface area contributed by atoms with Crippen LogP contribution in [0.5, 0.6) is 0 Å². The van der Waals surface area contributed by atoms with Crippen LogP contribution in [0.3, 0.4) is 0 Å². The highest BCUT2D eigenvalue weighted by molar-refractivity contribution is 5.85. The van der Waals surface area contributed by atoms with Crippen LogP contribution in [0.15, 0.2) is 48.5 Å². The topological polar surface area (TPSA) is 66.0 Å². The van der Waals surface area contributed by atoms with Gasteiger partial charge in [-0.05, 0) is 62.8 Å². The van der Waals surface area contributed by atoms with Gasteiger partial charge in [-0.2, -0.15) is 13.2 Å². The van der Waals surface area contributed by atoms with Crippen molar-refractivity contribution in [2.45, 2.75) is 95.5 Å². The quantitative estimate of drug-likeness (QED) is 0.437. The van der Waals surface area contributed by atoms with Gasteiger partial charge in [0.15, 0.2) is 11.4 Å². The van der Waals surface area contributed by atoms with Crippen LogP contribution in [0.1, 0.15) is 61.8 Å². The van der Waals surface area contributed by atoms with Crippen molar-refractivity contribution in [2.75, 3.05) is 6.54 Å². The number of amides is 1. The fourth-order valence-electron chi connectivity index (χ4n) is 5.49. The van der Waals surface area contributed by atoms with Crippen LogP contribution in [0, 0.1) is 12.8 Å². The van der Waals surface area contributed by atoms with E-state index in [1.807, 2.05) is 31.2 Å². The fourth-order valence-corrected chi connectivity index (χ4v) is 5.49. The molecule has 0 radical (unpaired) electrons. The molecule has 2 aromatic rings. The van der Waals surface area contributed by atoms with Crippen molar-refractivity contribution in [1.29, 1.82) is 0 Å². The molecule has 4 atom stereocenters. The number of benzene rings is 2. The highest BCUT2D eigenvalue weighted by atomic mass is 19.4. The summed E-state index contributed by atoms with van der Waals surface area (Å²) in [6.45, 7) is 6.34. The number of carbonyl (C=O) groups excluding carboxylic acids is 1. The first-order chi connectivity index (χ1) is 18.4. The highest BCUT2D eigenvalue weighted by Crippen LogP contribution is 2.44. The third-order valence-corrected chi connectivity index (χ3v) is 7.63. The summed E-state index contributed by atoms with van der Waals surface area (Å²) in [5.74, 6) is -0.636. The van der Waals surface area contributed by atoms with Gasteiger partial charge in [0.25, 0.3) is 5.91 Å². The van der Waals surface area contributed by atoms with Gasteiger partial charge in [-0.25, -0.2) is 0 Å². The maximum Gasteiger partial charge on any atom is 0.416 e. The Kier molecular flexibility index (Phi) is 7.81. The molecule has 1 heterocycles. The van der Waals surface area contributed by atoms with Gasteiger partial charge in [-0.3, -0.25) is 4.79 Å². The van der Waals surface area contributed by atoms with Gasteiger partial charge in [0.2, 0.25) is 0 Å². The molecule has 0 aromatic heterocycles. The SMILES string of the molecule is Cc1cccc(CO[C@]2(C(=O)NCC3CC3)C[C@H](OCc3cccc(C(F)(F)F)c3)[C@@H]3OC(C)(C)O[C@@H]3C2)c1. The Hall–Kier alpha value is -2.46. The van der Waals surface area contributed by atoms with Crippen LogP contribution >= 0.6 is 0 Å². The summed E-state index contributed by atoms with van der Waals surface area (Å²) in [5.41, 5.74) is 0.430. The molecule has 1 saturated heterocycles. The number of hydrogen-bond acceptors (Lipinski definition) is 5. The lowest BCUT2D eigenvalue weighted by Gasteiger charge is -2.43. The van der Waals surface area contributed by atoms with E-state index >= 15 is 0 Å². The lowest BCUT2D eigenvalue weighted by atomic mass is 9.78. The number of aryl methyl sites for hydroxylation is 1. The first-order valence-electron chi connectivity index (χ1n) is 13.5. The fraction of sp³-hybridized carbons (Fsp3) is 0.567. The summed E-state index contributed by atoms with van der Waals surface area (Å²) in [5, 5.41) is 3.08. The molecule has 9 heteroatoms. The van der Waals surface area contributed by atoms with E-state index in [4.69, 9.17) is 18.9 Å². The Morgan fingerprint density at radius 2 is 1.74 bits per heavy atom. The van der Waals surface area contributed by atoms with E-state index < -0.39 is 41.4 Å². The number of rotatable bonds is 9. The van der Waals surface area contributed by atoms with Gasteiger partial charge in [0, 0.05) is 19.4 Å². The van der Waals surface area contributed by atoms with Crippen LogP contribution in [0.2, 0.25) is 0 Å². The van der Waals surface area contributed by atoms with E-state index in [0.717, 1.165) is 36.1 Å². The monoisotopic (exact) mass is 547 g/mol. The maximum atomic E-state index is 13.8. The number of hydrogen-bond donors (Lipinski definition) is 1. The molecule has 2 aliphatic carbocycles. The summed E-state index contributed by atoms with van der Waals surface area (Å²) in [4.78, 5) is 13.8. The van der Waals surface area contributed by atoms with Crippen molar-refractivity contribution in [2.24, 2.45) is 5.92 Å². The summed E-state index contributed by atoms with van der Waals surface area (Å²) in [6, 6.07) is 13.0. The Balaban J connectivity index is 1.39. The van der Waals surface area contributed by atoms with E-state index in [-0.39, 0.29) is 32.0 Å². The zero-order chi connectivity index (χ0) is 27.8. The predicted octanol–water partition coefficient (Wildman–Crippen LogP) is 5.69. The van der Waals surface area contributed by atoms with Gasteiger partial charge >= 0.3 is 6.18 Å². The average molecular weight is 548 g/mol. The van der Waals surface area contributed by atoms with Crippen molar-refractivity contribution in [1.82, 2.24) is 5.32 Å². The molecule has 1 amide bonds. The summed E-state index contributed by atoms with van der Waals surface area (Å²) < 4.78 is 64.9. The molecule has 5 rings (SSSR count). The zero-order valence-corrected chi connectivity index (χ0v) is 22.6. The largest absolute Gasteiger partial charge is 0.416 e. The van der Waals surface area contributed by atoms with Crippen LogP contribution < -0.4 is 5.32 Å². The van der Waals surface area contributed by atoms with Crippen molar-refractivity contribution in [3.63, 3.8) is 0 Å². The summed E-state index contributed by atoms with van der Waals surface area (Å²) in [6.07, 6.45) is -3.39. The van der Waals surface area contributed by atoms with E-state index in [0.29, 0.717) is 18.0 Å². The predicted molar refractivity (Wildman–Crippen MR) is 138 cm³/mol. The molecular formula is C30H36F3NO5. The van der Waals surface area contributed by atoms with Crippen molar-refractivity contribution >= 4 is 5.91 Å². The number of halogens is 3. The first-order valence-corrected chi connectivity index (χ1v) is 13.5. The third-order valence-electron chi connectivity index (χ3n) is 7.63. The molecule has 3 aliphatic rings. The molecule has 3 fully saturated rings. The third kappa shape index (κ3) is 6.82. The number of carbonyl (C=O) groups is 1. The Bertz CT molecular complexity index is 1180. The number of alkyl halides is 3. The molecule has 0 spiro atoms. The van der Waals surface area contributed by atoms with E-state index in [1.165, 1.54) is 6.07 Å². The van der Waals surface area contributed by atoms with Gasteiger partial charge < -0.3 is 24.3 Å². The van der Waals surface area contributed by atoms with Crippen molar-refractivity contribution in [3.8, 4) is 0 Å². The molecule has 1 aliphatic heterocycles. The highest BCUT2D eigenvalue weighted by Gasteiger charge is 2.58. The van der Waals surface area contributed by atoms with Crippen molar-refractivity contribution in [3.05, 3.63) is 70.8 Å². The van der Waals surface area contributed by atoms with Gasteiger partial charge in [-0.1, -0.05) is 42.0 Å². The molecule has 2 aromatic carbocycles. The zero-order valence-electron chi connectivity index (χ0n) is 22.6. The molecule has 6 nitrogen and oxygen atoms in total. The second-order valence-corrected chi connectivity index (χ2v) is 11.5. The minimum Gasteiger partial charge on any atom is -0.371 e. The number of fused-ring (bicyclic) bond motifs is 1. The summed E-state index contributed by atoms with van der Waals surface area (Å²) >= 11 is 0. The van der Waals surface area contributed by atoms with Crippen LogP contribution in [0.25, 0.3) is 0 Å².